The lowest BCUT2D eigenvalue weighted by atomic mass is 10.1. The highest BCUT2D eigenvalue weighted by molar-refractivity contribution is 9.11. The fourth-order valence-corrected chi connectivity index (χ4v) is 4.36. The van der Waals surface area contributed by atoms with Crippen LogP contribution in [0.25, 0.3) is 0 Å². The van der Waals surface area contributed by atoms with E-state index in [1.807, 2.05) is 25.1 Å². The molecule has 1 atom stereocenters. The van der Waals surface area contributed by atoms with Gasteiger partial charge in [0.1, 0.15) is 0 Å². The molecule has 0 saturated heterocycles. The summed E-state index contributed by atoms with van der Waals surface area (Å²) in [5, 5.41) is 3.05. The van der Waals surface area contributed by atoms with E-state index in [-0.39, 0.29) is 11.9 Å². The molecule has 1 heterocycles. The summed E-state index contributed by atoms with van der Waals surface area (Å²) in [7, 11) is 0. The fraction of sp³-hybridized carbons (Fsp3) is 0.267. The first-order valence-corrected chi connectivity index (χ1v) is 8.61. The van der Waals surface area contributed by atoms with Gasteiger partial charge in [-0.15, -0.1) is 11.3 Å². The molecule has 0 saturated carbocycles. The van der Waals surface area contributed by atoms with Crippen LogP contribution in [-0.2, 0) is 0 Å². The van der Waals surface area contributed by atoms with E-state index >= 15 is 0 Å². The Morgan fingerprint density at radius 3 is 2.50 bits per heavy atom. The van der Waals surface area contributed by atoms with Crippen LogP contribution in [0.15, 0.2) is 33.2 Å². The molecule has 1 unspecified atom stereocenters. The fourth-order valence-electron chi connectivity index (χ4n) is 2.11. The van der Waals surface area contributed by atoms with E-state index in [2.05, 4.69) is 57.1 Å². The van der Waals surface area contributed by atoms with Gasteiger partial charge in [0, 0.05) is 18.7 Å². The number of carbonyl (C=O) groups is 1. The first-order valence-electron chi connectivity index (χ1n) is 6.21. The molecule has 0 radical (unpaired) electrons. The second-order valence-electron chi connectivity index (χ2n) is 4.69. The summed E-state index contributed by atoms with van der Waals surface area (Å²) in [6.07, 6.45) is 0. The Morgan fingerprint density at radius 2 is 1.95 bits per heavy atom. The van der Waals surface area contributed by atoms with Gasteiger partial charge in [0.2, 0.25) is 0 Å². The highest BCUT2D eigenvalue weighted by atomic mass is 79.9. The van der Waals surface area contributed by atoms with Gasteiger partial charge in [-0.25, -0.2) is 0 Å². The zero-order valence-electron chi connectivity index (χ0n) is 11.5. The lowest BCUT2D eigenvalue weighted by Gasteiger charge is -2.15. The van der Waals surface area contributed by atoms with E-state index in [4.69, 9.17) is 0 Å². The second-order valence-corrected chi connectivity index (χ2v) is 7.92. The van der Waals surface area contributed by atoms with Gasteiger partial charge in [0.15, 0.2) is 0 Å². The van der Waals surface area contributed by atoms with Crippen LogP contribution in [0.2, 0.25) is 0 Å². The zero-order valence-corrected chi connectivity index (χ0v) is 15.4. The third-order valence-electron chi connectivity index (χ3n) is 3.07. The van der Waals surface area contributed by atoms with Crippen molar-refractivity contribution in [1.29, 1.82) is 0 Å². The molecule has 0 aliphatic carbocycles. The Kier molecular flexibility index (Phi) is 5.04. The van der Waals surface area contributed by atoms with E-state index in [9.17, 15) is 4.79 Å². The number of hydrogen-bond acceptors (Lipinski definition) is 2. The quantitative estimate of drug-likeness (QED) is 0.714. The highest BCUT2D eigenvalue weighted by Crippen LogP contribution is 2.27. The molecular formula is C15H15Br2NOS. The smallest absolute Gasteiger partial charge is 0.252 e. The highest BCUT2D eigenvalue weighted by Gasteiger charge is 2.16. The molecule has 106 valence electrons. The van der Waals surface area contributed by atoms with Crippen molar-refractivity contribution in [2.24, 2.45) is 0 Å². The van der Waals surface area contributed by atoms with Crippen molar-refractivity contribution in [2.75, 3.05) is 0 Å². The number of carbonyl (C=O) groups excluding carboxylic acids is 1. The SMILES string of the molecule is Cc1cc(C(C)NC(=O)c2ccc(Br)cc2Br)c(C)s1. The summed E-state index contributed by atoms with van der Waals surface area (Å²) in [5.41, 5.74) is 1.83. The maximum Gasteiger partial charge on any atom is 0.252 e. The van der Waals surface area contributed by atoms with Gasteiger partial charge in [0.25, 0.3) is 5.91 Å². The summed E-state index contributed by atoms with van der Waals surface area (Å²) in [6, 6.07) is 7.69. The van der Waals surface area contributed by atoms with Gasteiger partial charge in [-0.2, -0.15) is 0 Å². The summed E-state index contributed by atoms with van der Waals surface area (Å²) >= 11 is 8.57. The summed E-state index contributed by atoms with van der Waals surface area (Å²) in [4.78, 5) is 14.8. The van der Waals surface area contributed by atoms with E-state index < -0.39 is 0 Å². The number of aryl methyl sites for hydroxylation is 2. The number of benzene rings is 1. The first kappa shape index (κ1) is 15.7. The number of nitrogens with one attached hydrogen (secondary N) is 1. The molecule has 0 bridgehead atoms. The topological polar surface area (TPSA) is 29.1 Å². The van der Waals surface area contributed by atoms with Crippen LogP contribution >= 0.6 is 43.2 Å². The minimum absolute atomic E-state index is 0.00277. The lowest BCUT2D eigenvalue weighted by Crippen LogP contribution is -2.27. The Labute approximate surface area is 139 Å². The van der Waals surface area contributed by atoms with E-state index in [0.717, 1.165) is 8.95 Å². The third kappa shape index (κ3) is 3.51. The Bertz CT molecular complexity index is 651. The summed E-state index contributed by atoms with van der Waals surface area (Å²) in [5.74, 6) is -0.0693. The van der Waals surface area contributed by atoms with Crippen LogP contribution in [0.3, 0.4) is 0 Å². The van der Waals surface area contributed by atoms with Gasteiger partial charge in [-0.1, -0.05) is 15.9 Å². The predicted molar refractivity (Wildman–Crippen MR) is 91.5 cm³/mol. The second kappa shape index (κ2) is 6.41. The number of rotatable bonds is 3. The molecule has 1 amide bonds. The van der Waals surface area contributed by atoms with Gasteiger partial charge in [0.05, 0.1) is 11.6 Å². The molecule has 2 aromatic rings. The molecule has 1 aromatic carbocycles. The van der Waals surface area contributed by atoms with E-state index in [1.54, 1.807) is 11.3 Å². The van der Waals surface area contributed by atoms with Gasteiger partial charge >= 0.3 is 0 Å². The Balaban J connectivity index is 2.17. The average molecular weight is 417 g/mol. The molecule has 2 nitrogen and oxygen atoms in total. The summed E-state index contributed by atoms with van der Waals surface area (Å²) < 4.78 is 1.73. The predicted octanol–water partition coefficient (Wildman–Crippen LogP) is 5.38. The molecule has 0 spiro atoms. The standard InChI is InChI=1S/C15H15Br2NOS/c1-8-6-13(10(3)20-8)9(2)18-15(19)12-5-4-11(16)7-14(12)17/h4-7,9H,1-3H3,(H,18,19). The van der Waals surface area contributed by atoms with Gasteiger partial charge in [-0.05, 0) is 66.5 Å². The van der Waals surface area contributed by atoms with Crippen LogP contribution in [-0.4, -0.2) is 5.91 Å². The number of hydrogen-bond donors (Lipinski definition) is 1. The van der Waals surface area contributed by atoms with Crippen LogP contribution in [0.5, 0.6) is 0 Å². The third-order valence-corrected chi connectivity index (χ3v) is 5.20. The number of halogens is 2. The van der Waals surface area contributed by atoms with Crippen molar-refractivity contribution in [3.63, 3.8) is 0 Å². The average Bonchev–Trinajstić information content (AvgIpc) is 2.68. The molecule has 1 aromatic heterocycles. The van der Waals surface area contributed by atoms with Crippen molar-refractivity contribution in [3.05, 3.63) is 54.1 Å². The largest absolute Gasteiger partial charge is 0.345 e. The van der Waals surface area contributed by atoms with Crippen LogP contribution in [0.1, 0.15) is 38.6 Å². The lowest BCUT2D eigenvalue weighted by molar-refractivity contribution is 0.0939. The van der Waals surface area contributed by atoms with Crippen molar-refractivity contribution in [1.82, 2.24) is 5.32 Å². The zero-order chi connectivity index (χ0) is 14.9. The van der Waals surface area contributed by atoms with Crippen LogP contribution in [0.4, 0.5) is 0 Å². The summed E-state index contributed by atoms with van der Waals surface area (Å²) in [6.45, 7) is 6.19. The molecule has 0 fully saturated rings. The normalized spacial score (nSPS) is 12.2. The molecule has 2 rings (SSSR count). The van der Waals surface area contributed by atoms with Crippen LogP contribution < -0.4 is 5.32 Å². The van der Waals surface area contributed by atoms with Gasteiger partial charge < -0.3 is 5.32 Å². The Hall–Kier alpha value is -0.650. The maximum absolute atomic E-state index is 12.3. The molecule has 0 aliphatic rings. The number of amides is 1. The van der Waals surface area contributed by atoms with Crippen molar-refractivity contribution in [3.8, 4) is 0 Å². The van der Waals surface area contributed by atoms with Crippen molar-refractivity contribution < 1.29 is 4.79 Å². The van der Waals surface area contributed by atoms with Crippen molar-refractivity contribution >= 4 is 49.1 Å². The number of thiophene rings is 1. The van der Waals surface area contributed by atoms with Crippen molar-refractivity contribution in [2.45, 2.75) is 26.8 Å². The first-order chi connectivity index (χ1) is 9.38. The van der Waals surface area contributed by atoms with E-state index in [1.165, 1.54) is 15.3 Å². The monoisotopic (exact) mass is 415 g/mol. The van der Waals surface area contributed by atoms with E-state index in [0.29, 0.717) is 5.56 Å². The van der Waals surface area contributed by atoms with Gasteiger partial charge in [-0.3, -0.25) is 4.79 Å². The molecule has 20 heavy (non-hydrogen) atoms. The minimum Gasteiger partial charge on any atom is -0.345 e. The Morgan fingerprint density at radius 1 is 1.25 bits per heavy atom. The van der Waals surface area contributed by atoms with Crippen LogP contribution in [0, 0.1) is 13.8 Å². The maximum atomic E-state index is 12.3. The molecule has 1 N–H and O–H groups in total. The minimum atomic E-state index is -0.0693. The molecular weight excluding hydrogens is 402 g/mol. The molecule has 0 aliphatic heterocycles. The molecule has 5 heteroatoms.